The first-order valence-electron chi connectivity index (χ1n) is 9.99. The summed E-state index contributed by atoms with van der Waals surface area (Å²) in [7, 11) is 0. The molecule has 8 heteroatoms. The first kappa shape index (κ1) is 20.5. The van der Waals surface area contributed by atoms with E-state index in [2.05, 4.69) is 42.2 Å². The summed E-state index contributed by atoms with van der Waals surface area (Å²) in [4.78, 5) is 28.7. The first-order valence-corrected chi connectivity index (χ1v) is 10.8. The van der Waals surface area contributed by atoms with Crippen LogP contribution < -0.4 is 10.9 Å². The second-order valence-corrected chi connectivity index (χ2v) is 8.22. The zero-order chi connectivity index (χ0) is 20.3. The van der Waals surface area contributed by atoms with Crippen molar-refractivity contribution in [3.63, 3.8) is 0 Å². The lowest BCUT2D eigenvalue weighted by atomic mass is 10.3. The molecule has 0 bridgehead atoms. The molecule has 152 valence electrons. The Labute approximate surface area is 169 Å². The van der Waals surface area contributed by atoms with Gasteiger partial charge in [-0.25, -0.2) is 4.68 Å². The summed E-state index contributed by atoms with van der Waals surface area (Å²) < 4.78 is 4.30. The highest BCUT2D eigenvalue weighted by molar-refractivity contribution is 7.19. The monoisotopic (exact) mass is 403 g/mol. The largest absolute Gasteiger partial charge is 0.354 e. The molecule has 7 nitrogen and oxygen atoms in total. The number of carbonyl (C=O) groups excluding carboxylic acids is 1. The smallest absolute Gasteiger partial charge is 0.291 e. The summed E-state index contributed by atoms with van der Waals surface area (Å²) in [6.45, 7) is 11.9. The summed E-state index contributed by atoms with van der Waals surface area (Å²) in [5.41, 5.74) is 1.38. The Bertz CT molecular complexity index is 1030. The second kappa shape index (κ2) is 8.87. The quantitative estimate of drug-likeness (QED) is 0.557. The molecule has 0 saturated heterocycles. The molecule has 0 unspecified atom stereocenters. The number of carbonyl (C=O) groups is 1. The van der Waals surface area contributed by atoms with Crippen molar-refractivity contribution >= 4 is 33.0 Å². The van der Waals surface area contributed by atoms with E-state index in [4.69, 9.17) is 0 Å². The number of hydrogen-bond donors (Lipinski definition) is 1. The SMILES string of the molecule is CCc1nn(CC(=O)NCCCN(CC)CC)c(=O)c2cc3sc(C)cc3n12. The summed E-state index contributed by atoms with van der Waals surface area (Å²) >= 11 is 1.66. The molecule has 0 aliphatic heterocycles. The average Bonchev–Trinajstić information content (AvgIpc) is 3.20. The van der Waals surface area contributed by atoms with E-state index < -0.39 is 0 Å². The Morgan fingerprint density at radius 2 is 1.96 bits per heavy atom. The van der Waals surface area contributed by atoms with E-state index in [1.54, 1.807) is 11.3 Å². The van der Waals surface area contributed by atoms with Crippen molar-refractivity contribution in [2.75, 3.05) is 26.2 Å². The standard InChI is InChI=1S/C20H29N5O2S/c1-5-18-22-24(13-19(26)21-9-8-10-23(6-2)7-3)20(27)16-12-17-15(25(16)18)11-14(4)28-17/h11-12H,5-10,13H2,1-4H3,(H,21,26). The molecule has 0 spiro atoms. The number of aromatic nitrogens is 3. The predicted molar refractivity (Wildman–Crippen MR) is 114 cm³/mol. The van der Waals surface area contributed by atoms with Crippen LogP contribution in [0.4, 0.5) is 0 Å². The molecule has 28 heavy (non-hydrogen) atoms. The number of aryl methyl sites for hydroxylation is 2. The Morgan fingerprint density at radius 3 is 2.64 bits per heavy atom. The summed E-state index contributed by atoms with van der Waals surface area (Å²) in [6.07, 6.45) is 1.57. The Morgan fingerprint density at radius 1 is 1.21 bits per heavy atom. The number of rotatable bonds is 9. The summed E-state index contributed by atoms with van der Waals surface area (Å²) in [5.74, 6) is 0.612. The molecule has 1 amide bonds. The van der Waals surface area contributed by atoms with Gasteiger partial charge in [-0.15, -0.1) is 11.3 Å². The van der Waals surface area contributed by atoms with Gasteiger partial charge in [0, 0.05) is 17.8 Å². The normalized spacial score (nSPS) is 11.8. The highest BCUT2D eigenvalue weighted by Gasteiger charge is 2.16. The van der Waals surface area contributed by atoms with Gasteiger partial charge in [-0.1, -0.05) is 20.8 Å². The molecule has 3 aromatic rings. The maximum absolute atomic E-state index is 12.9. The van der Waals surface area contributed by atoms with Crippen molar-refractivity contribution in [2.45, 2.75) is 47.1 Å². The van der Waals surface area contributed by atoms with Crippen LogP contribution >= 0.6 is 11.3 Å². The molecule has 0 aromatic carbocycles. The van der Waals surface area contributed by atoms with Crippen LogP contribution in [0, 0.1) is 6.92 Å². The summed E-state index contributed by atoms with van der Waals surface area (Å²) in [6, 6.07) is 3.99. The number of nitrogens with zero attached hydrogens (tertiary/aromatic N) is 4. The minimum absolute atomic E-state index is 0.0501. The van der Waals surface area contributed by atoms with Gasteiger partial charge in [0.2, 0.25) is 5.91 Å². The highest BCUT2D eigenvalue weighted by Crippen LogP contribution is 2.28. The molecule has 0 saturated carbocycles. The molecular weight excluding hydrogens is 374 g/mol. The zero-order valence-corrected chi connectivity index (χ0v) is 17.9. The molecule has 0 fully saturated rings. The Balaban J connectivity index is 1.75. The Kier molecular flexibility index (Phi) is 6.51. The van der Waals surface area contributed by atoms with Gasteiger partial charge in [0.25, 0.3) is 5.56 Å². The number of thiophene rings is 1. The van der Waals surface area contributed by atoms with E-state index in [1.807, 2.05) is 17.4 Å². The fourth-order valence-electron chi connectivity index (χ4n) is 3.51. The lowest BCUT2D eigenvalue weighted by Gasteiger charge is -2.17. The van der Waals surface area contributed by atoms with Gasteiger partial charge >= 0.3 is 0 Å². The van der Waals surface area contributed by atoms with Crippen LogP contribution in [0.1, 0.15) is 37.9 Å². The molecule has 1 N–H and O–H groups in total. The van der Waals surface area contributed by atoms with Gasteiger partial charge < -0.3 is 10.2 Å². The van der Waals surface area contributed by atoms with Gasteiger partial charge in [0.05, 0.1) is 10.2 Å². The minimum Gasteiger partial charge on any atom is -0.354 e. The molecule has 0 radical (unpaired) electrons. The van der Waals surface area contributed by atoms with Gasteiger partial charge in [-0.3, -0.25) is 14.0 Å². The van der Waals surface area contributed by atoms with Crippen LogP contribution in [0.15, 0.2) is 16.9 Å². The molecule has 0 aliphatic carbocycles. The van der Waals surface area contributed by atoms with Crippen molar-refractivity contribution in [3.8, 4) is 0 Å². The number of nitrogens with one attached hydrogen (secondary N) is 1. The third-order valence-electron chi connectivity index (χ3n) is 5.04. The highest BCUT2D eigenvalue weighted by atomic mass is 32.1. The topological polar surface area (TPSA) is 71.6 Å². The number of fused-ring (bicyclic) bond motifs is 3. The molecule has 0 aliphatic rings. The minimum atomic E-state index is -0.225. The average molecular weight is 404 g/mol. The van der Waals surface area contributed by atoms with E-state index in [0.29, 0.717) is 18.5 Å². The van der Waals surface area contributed by atoms with E-state index >= 15 is 0 Å². The lowest BCUT2D eigenvalue weighted by Crippen LogP contribution is -2.36. The van der Waals surface area contributed by atoms with Crippen molar-refractivity contribution in [1.82, 2.24) is 24.4 Å². The first-order chi connectivity index (χ1) is 13.5. The van der Waals surface area contributed by atoms with Crippen LogP contribution in [-0.2, 0) is 17.8 Å². The van der Waals surface area contributed by atoms with Gasteiger partial charge in [-0.05, 0) is 45.1 Å². The fourth-order valence-corrected chi connectivity index (χ4v) is 4.45. The van der Waals surface area contributed by atoms with Gasteiger partial charge in [0.1, 0.15) is 17.9 Å². The molecule has 3 aromatic heterocycles. The van der Waals surface area contributed by atoms with Crippen LogP contribution in [0.2, 0.25) is 0 Å². The van der Waals surface area contributed by atoms with Crippen LogP contribution in [0.3, 0.4) is 0 Å². The number of hydrogen-bond acceptors (Lipinski definition) is 5. The Hall–Kier alpha value is -2.19. The fraction of sp³-hybridized carbons (Fsp3) is 0.550. The van der Waals surface area contributed by atoms with Crippen molar-refractivity contribution < 1.29 is 4.79 Å². The second-order valence-electron chi connectivity index (χ2n) is 6.93. The maximum atomic E-state index is 12.9. The third-order valence-corrected chi connectivity index (χ3v) is 6.02. The van der Waals surface area contributed by atoms with Crippen molar-refractivity contribution in [1.29, 1.82) is 0 Å². The van der Waals surface area contributed by atoms with Crippen LogP contribution in [0.5, 0.6) is 0 Å². The van der Waals surface area contributed by atoms with E-state index in [0.717, 1.165) is 42.1 Å². The lowest BCUT2D eigenvalue weighted by molar-refractivity contribution is -0.121. The molecular formula is C20H29N5O2S. The summed E-state index contributed by atoms with van der Waals surface area (Å²) in [5, 5.41) is 7.38. The predicted octanol–water partition coefficient (Wildman–Crippen LogP) is 2.43. The maximum Gasteiger partial charge on any atom is 0.291 e. The molecule has 0 atom stereocenters. The van der Waals surface area contributed by atoms with E-state index in [1.165, 1.54) is 9.56 Å². The van der Waals surface area contributed by atoms with Crippen molar-refractivity contribution in [3.05, 3.63) is 33.2 Å². The van der Waals surface area contributed by atoms with Crippen LogP contribution in [0.25, 0.3) is 15.7 Å². The van der Waals surface area contributed by atoms with Crippen molar-refractivity contribution in [2.24, 2.45) is 0 Å². The van der Waals surface area contributed by atoms with Gasteiger partial charge in [0.15, 0.2) is 0 Å². The van der Waals surface area contributed by atoms with Crippen LogP contribution in [-0.4, -0.2) is 51.2 Å². The number of amides is 1. The van der Waals surface area contributed by atoms with E-state index in [-0.39, 0.29) is 18.0 Å². The zero-order valence-electron chi connectivity index (χ0n) is 17.1. The van der Waals surface area contributed by atoms with Gasteiger partial charge in [-0.2, -0.15) is 5.10 Å². The molecule has 3 rings (SSSR count). The van der Waals surface area contributed by atoms with E-state index in [9.17, 15) is 9.59 Å². The molecule has 3 heterocycles. The third kappa shape index (κ3) is 4.12.